The molecule has 0 spiro atoms. The third-order valence-corrected chi connectivity index (χ3v) is 3.25. The summed E-state index contributed by atoms with van der Waals surface area (Å²) in [6.07, 6.45) is 0. The van der Waals surface area contributed by atoms with Gasteiger partial charge in [0.1, 0.15) is 11.6 Å². The van der Waals surface area contributed by atoms with Gasteiger partial charge in [-0.3, -0.25) is 0 Å². The first kappa shape index (κ1) is 12.0. The zero-order chi connectivity index (χ0) is 12.3. The first-order valence-electron chi connectivity index (χ1n) is 4.91. The zero-order valence-electron chi connectivity index (χ0n) is 8.85. The van der Waals surface area contributed by atoms with E-state index in [2.05, 4.69) is 0 Å². The van der Waals surface area contributed by atoms with E-state index in [1.807, 2.05) is 17.5 Å². The van der Waals surface area contributed by atoms with Crippen LogP contribution in [0.5, 0.6) is 5.75 Å². The Morgan fingerprint density at radius 1 is 1.41 bits per heavy atom. The van der Waals surface area contributed by atoms with Gasteiger partial charge in [-0.1, -0.05) is 18.3 Å². The first-order chi connectivity index (χ1) is 8.16. The maximum atomic E-state index is 13.6. The highest BCUT2D eigenvalue weighted by molar-refractivity contribution is 7.80. The molecule has 0 bridgehead atoms. The quantitative estimate of drug-likeness (QED) is 0.865. The van der Waals surface area contributed by atoms with Gasteiger partial charge in [0.2, 0.25) is 0 Å². The van der Waals surface area contributed by atoms with Crippen molar-refractivity contribution in [3.8, 4) is 5.75 Å². The lowest BCUT2D eigenvalue weighted by Crippen LogP contribution is -2.09. The minimum absolute atomic E-state index is 0.175. The molecule has 5 heteroatoms. The number of halogens is 1. The highest BCUT2D eigenvalue weighted by atomic mass is 32.1. The van der Waals surface area contributed by atoms with Gasteiger partial charge in [0.05, 0.1) is 0 Å². The fourth-order valence-electron chi connectivity index (χ4n) is 1.31. The second-order valence-electron chi connectivity index (χ2n) is 3.38. The second-order valence-corrected chi connectivity index (χ2v) is 4.85. The standard InChI is InChI=1S/C12H10FNOS2/c13-10-6-8(12(14)16)3-4-11(10)15-7-9-2-1-5-17-9/h1-6H,7H2,(H2,14,16). The van der Waals surface area contributed by atoms with Gasteiger partial charge < -0.3 is 10.5 Å². The Labute approximate surface area is 108 Å². The fourth-order valence-corrected chi connectivity index (χ4v) is 2.06. The van der Waals surface area contributed by atoms with E-state index in [0.717, 1.165) is 4.88 Å². The molecule has 0 fully saturated rings. The molecule has 2 N–H and O–H groups in total. The van der Waals surface area contributed by atoms with Gasteiger partial charge in [-0.05, 0) is 29.6 Å². The number of rotatable bonds is 4. The van der Waals surface area contributed by atoms with Gasteiger partial charge in [-0.15, -0.1) is 11.3 Å². The molecule has 2 aromatic rings. The van der Waals surface area contributed by atoms with Crippen LogP contribution in [0.15, 0.2) is 35.7 Å². The Balaban J connectivity index is 2.09. The number of benzene rings is 1. The van der Waals surface area contributed by atoms with E-state index in [0.29, 0.717) is 12.2 Å². The number of nitrogens with two attached hydrogens (primary N) is 1. The lowest BCUT2D eigenvalue weighted by Gasteiger charge is -2.07. The van der Waals surface area contributed by atoms with Crippen LogP contribution in [-0.2, 0) is 6.61 Å². The molecule has 0 atom stereocenters. The van der Waals surface area contributed by atoms with Crippen molar-refractivity contribution in [2.75, 3.05) is 0 Å². The topological polar surface area (TPSA) is 35.2 Å². The van der Waals surface area contributed by atoms with E-state index in [9.17, 15) is 4.39 Å². The van der Waals surface area contributed by atoms with Crippen LogP contribution in [0.4, 0.5) is 4.39 Å². The van der Waals surface area contributed by atoms with Gasteiger partial charge in [-0.25, -0.2) is 4.39 Å². The van der Waals surface area contributed by atoms with Crippen LogP contribution in [0.1, 0.15) is 10.4 Å². The van der Waals surface area contributed by atoms with Gasteiger partial charge in [-0.2, -0.15) is 0 Å². The molecule has 88 valence electrons. The number of ether oxygens (including phenoxy) is 1. The lowest BCUT2D eigenvalue weighted by molar-refractivity contribution is 0.293. The Hall–Kier alpha value is -1.46. The summed E-state index contributed by atoms with van der Waals surface area (Å²) in [6.45, 7) is 0.362. The van der Waals surface area contributed by atoms with E-state index < -0.39 is 5.82 Å². The van der Waals surface area contributed by atoms with Crippen LogP contribution < -0.4 is 10.5 Å². The third kappa shape index (κ3) is 3.01. The predicted octanol–water partition coefficient (Wildman–Crippen LogP) is 3.10. The molecule has 1 aromatic carbocycles. The van der Waals surface area contributed by atoms with E-state index in [4.69, 9.17) is 22.7 Å². The van der Waals surface area contributed by atoms with E-state index in [-0.39, 0.29) is 10.7 Å². The normalized spacial score (nSPS) is 10.2. The molecular weight excluding hydrogens is 257 g/mol. The summed E-state index contributed by atoms with van der Waals surface area (Å²) in [5.74, 6) is -0.245. The molecule has 17 heavy (non-hydrogen) atoms. The van der Waals surface area contributed by atoms with Crippen molar-refractivity contribution in [2.45, 2.75) is 6.61 Å². The van der Waals surface area contributed by atoms with Gasteiger partial charge in [0, 0.05) is 10.4 Å². The highest BCUT2D eigenvalue weighted by Gasteiger charge is 2.06. The molecule has 0 saturated carbocycles. The van der Waals surface area contributed by atoms with E-state index >= 15 is 0 Å². The molecule has 0 aliphatic heterocycles. The largest absolute Gasteiger partial charge is 0.485 e. The van der Waals surface area contributed by atoms with Crippen LogP contribution >= 0.6 is 23.6 Å². The summed E-state index contributed by atoms with van der Waals surface area (Å²) in [5.41, 5.74) is 5.91. The van der Waals surface area contributed by atoms with Crippen LogP contribution in [0.2, 0.25) is 0 Å². The summed E-state index contributed by atoms with van der Waals surface area (Å²) in [5, 5.41) is 1.95. The van der Waals surface area contributed by atoms with Gasteiger partial charge in [0.15, 0.2) is 11.6 Å². The monoisotopic (exact) mass is 267 g/mol. The van der Waals surface area contributed by atoms with Gasteiger partial charge >= 0.3 is 0 Å². The van der Waals surface area contributed by atoms with Crippen LogP contribution in [0.25, 0.3) is 0 Å². The molecule has 0 aliphatic carbocycles. The molecular formula is C12H10FNOS2. The molecule has 0 aliphatic rings. The number of thiophene rings is 1. The van der Waals surface area contributed by atoms with E-state index in [1.54, 1.807) is 17.4 Å². The van der Waals surface area contributed by atoms with Crippen molar-refractivity contribution in [3.05, 3.63) is 52.0 Å². The first-order valence-corrected chi connectivity index (χ1v) is 6.20. The average molecular weight is 267 g/mol. The Kier molecular flexibility index (Phi) is 3.71. The van der Waals surface area contributed by atoms with Crippen molar-refractivity contribution in [3.63, 3.8) is 0 Å². The minimum atomic E-state index is -0.452. The molecule has 0 unspecified atom stereocenters. The van der Waals surface area contributed by atoms with E-state index in [1.165, 1.54) is 12.1 Å². The SMILES string of the molecule is NC(=S)c1ccc(OCc2cccs2)c(F)c1. The third-order valence-electron chi connectivity index (χ3n) is 2.17. The van der Waals surface area contributed by atoms with Crippen molar-refractivity contribution in [1.29, 1.82) is 0 Å². The van der Waals surface area contributed by atoms with Crippen LogP contribution in [-0.4, -0.2) is 4.99 Å². The minimum Gasteiger partial charge on any atom is -0.485 e. The predicted molar refractivity (Wildman–Crippen MR) is 70.9 cm³/mol. The Morgan fingerprint density at radius 3 is 2.82 bits per heavy atom. The van der Waals surface area contributed by atoms with Crippen molar-refractivity contribution in [2.24, 2.45) is 5.73 Å². The van der Waals surface area contributed by atoms with Gasteiger partial charge in [0.25, 0.3) is 0 Å². The summed E-state index contributed by atoms with van der Waals surface area (Å²) in [4.78, 5) is 1.22. The van der Waals surface area contributed by atoms with Crippen LogP contribution in [0, 0.1) is 5.82 Å². The molecule has 0 amide bonds. The maximum Gasteiger partial charge on any atom is 0.165 e. The number of hydrogen-bond acceptors (Lipinski definition) is 3. The molecule has 1 aromatic heterocycles. The molecule has 2 nitrogen and oxygen atoms in total. The van der Waals surface area contributed by atoms with Crippen molar-refractivity contribution in [1.82, 2.24) is 0 Å². The number of thiocarbonyl (C=S) groups is 1. The summed E-state index contributed by atoms with van der Waals surface area (Å²) >= 11 is 6.33. The second kappa shape index (κ2) is 5.25. The number of hydrogen-bond donors (Lipinski definition) is 1. The summed E-state index contributed by atoms with van der Waals surface area (Å²) < 4.78 is 19.0. The molecule has 1 heterocycles. The highest BCUT2D eigenvalue weighted by Crippen LogP contribution is 2.20. The molecule has 2 rings (SSSR count). The molecule has 0 saturated heterocycles. The van der Waals surface area contributed by atoms with Crippen molar-refractivity contribution >= 4 is 28.5 Å². The Morgan fingerprint density at radius 2 is 2.24 bits per heavy atom. The smallest absolute Gasteiger partial charge is 0.165 e. The zero-order valence-corrected chi connectivity index (χ0v) is 10.5. The summed E-state index contributed by atoms with van der Waals surface area (Å²) in [6, 6.07) is 8.33. The lowest BCUT2D eigenvalue weighted by atomic mass is 10.2. The average Bonchev–Trinajstić information content (AvgIpc) is 2.80. The van der Waals surface area contributed by atoms with Crippen LogP contribution in [0.3, 0.4) is 0 Å². The fraction of sp³-hybridized carbons (Fsp3) is 0.0833. The summed E-state index contributed by atoms with van der Waals surface area (Å²) in [7, 11) is 0. The Bertz CT molecular complexity index is 525. The maximum absolute atomic E-state index is 13.6. The van der Waals surface area contributed by atoms with Crippen molar-refractivity contribution < 1.29 is 9.13 Å². The molecule has 0 radical (unpaired) electrons.